The predicted molar refractivity (Wildman–Crippen MR) is 104 cm³/mol. The lowest BCUT2D eigenvalue weighted by atomic mass is 9.86. The maximum absolute atomic E-state index is 5.88. The van der Waals surface area contributed by atoms with Crippen LogP contribution in [-0.4, -0.2) is 5.11 Å². The standard InChI is InChI=1S/C19H23ClN2S/c1-13(14-5-7-15(8-6-14)19(2,3)4)21-18(23)22-17-11-9-16(20)10-12-17/h5-13H,1-4H3,(H2,21,22,23)/t13-/m0/s1. The van der Waals surface area contributed by atoms with Crippen LogP contribution in [0.25, 0.3) is 0 Å². The quantitative estimate of drug-likeness (QED) is 0.698. The summed E-state index contributed by atoms with van der Waals surface area (Å²) in [6.07, 6.45) is 0. The molecule has 0 radical (unpaired) electrons. The van der Waals surface area contributed by atoms with Crippen molar-refractivity contribution in [3.8, 4) is 0 Å². The van der Waals surface area contributed by atoms with Gasteiger partial charge in [-0.3, -0.25) is 0 Å². The summed E-state index contributed by atoms with van der Waals surface area (Å²) >= 11 is 11.3. The summed E-state index contributed by atoms with van der Waals surface area (Å²) in [6, 6.07) is 16.3. The van der Waals surface area contributed by atoms with Gasteiger partial charge in [0, 0.05) is 10.7 Å². The lowest BCUT2D eigenvalue weighted by Crippen LogP contribution is -2.30. The van der Waals surface area contributed by atoms with E-state index in [1.54, 1.807) is 0 Å². The zero-order chi connectivity index (χ0) is 17.0. The van der Waals surface area contributed by atoms with Gasteiger partial charge in [-0.15, -0.1) is 0 Å². The van der Waals surface area contributed by atoms with Crippen molar-refractivity contribution >= 4 is 34.6 Å². The predicted octanol–water partition coefficient (Wildman–Crippen LogP) is 5.69. The van der Waals surface area contributed by atoms with Crippen molar-refractivity contribution in [1.82, 2.24) is 5.32 Å². The zero-order valence-corrected chi connectivity index (χ0v) is 15.6. The van der Waals surface area contributed by atoms with Gasteiger partial charge in [-0.05, 0) is 59.9 Å². The molecule has 0 fully saturated rings. The molecule has 0 aliphatic rings. The third-order valence-corrected chi connectivity index (χ3v) is 4.20. The first-order chi connectivity index (χ1) is 10.8. The minimum atomic E-state index is 0.135. The van der Waals surface area contributed by atoms with Crippen molar-refractivity contribution in [3.05, 3.63) is 64.7 Å². The average Bonchev–Trinajstić information content (AvgIpc) is 2.49. The molecule has 0 saturated heterocycles. The van der Waals surface area contributed by atoms with Crippen LogP contribution in [-0.2, 0) is 5.41 Å². The van der Waals surface area contributed by atoms with E-state index in [2.05, 4.69) is 62.6 Å². The van der Waals surface area contributed by atoms with Crippen LogP contribution < -0.4 is 10.6 Å². The maximum atomic E-state index is 5.88. The molecule has 122 valence electrons. The molecule has 2 rings (SSSR count). The van der Waals surface area contributed by atoms with E-state index in [-0.39, 0.29) is 11.5 Å². The second kappa shape index (κ2) is 7.33. The third-order valence-electron chi connectivity index (χ3n) is 3.73. The fraction of sp³-hybridized carbons (Fsp3) is 0.316. The van der Waals surface area contributed by atoms with Crippen LogP contribution in [0.5, 0.6) is 0 Å². The molecule has 0 aromatic heterocycles. The Hall–Kier alpha value is -1.58. The molecule has 0 amide bonds. The molecule has 23 heavy (non-hydrogen) atoms. The first-order valence-electron chi connectivity index (χ1n) is 7.69. The van der Waals surface area contributed by atoms with E-state index < -0.39 is 0 Å². The zero-order valence-electron chi connectivity index (χ0n) is 14.0. The van der Waals surface area contributed by atoms with Crippen LogP contribution in [0.1, 0.15) is 44.9 Å². The van der Waals surface area contributed by atoms with Crippen LogP contribution >= 0.6 is 23.8 Å². The van der Waals surface area contributed by atoms with Crippen molar-refractivity contribution in [3.63, 3.8) is 0 Å². The molecule has 0 aliphatic carbocycles. The molecular formula is C19H23ClN2S. The molecule has 2 aromatic rings. The highest BCUT2D eigenvalue weighted by Gasteiger charge is 2.14. The third kappa shape index (κ3) is 5.22. The van der Waals surface area contributed by atoms with Gasteiger partial charge in [0.25, 0.3) is 0 Å². The van der Waals surface area contributed by atoms with E-state index in [1.807, 2.05) is 24.3 Å². The Balaban J connectivity index is 1.96. The number of benzene rings is 2. The molecular weight excluding hydrogens is 324 g/mol. The molecule has 0 aliphatic heterocycles. The number of nitrogens with one attached hydrogen (secondary N) is 2. The Morgan fingerprint density at radius 3 is 2.09 bits per heavy atom. The fourth-order valence-electron chi connectivity index (χ4n) is 2.25. The molecule has 0 bridgehead atoms. The molecule has 1 atom stereocenters. The second-order valence-corrected chi connectivity index (χ2v) is 7.54. The van der Waals surface area contributed by atoms with Crippen LogP contribution in [0.15, 0.2) is 48.5 Å². The van der Waals surface area contributed by atoms with Gasteiger partial charge in [0.2, 0.25) is 0 Å². The van der Waals surface area contributed by atoms with Gasteiger partial charge in [-0.1, -0.05) is 56.6 Å². The molecule has 0 saturated carbocycles. The van der Waals surface area contributed by atoms with Crippen LogP contribution in [0.2, 0.25) is 5.02 Å². The Labute approximate surface area is 149 Å². The SMILES string of the molecule is C[C@H](NC(=S)Nc1ccc(Cl)cc1)c1ccc(C(C)(C)C)cc1. The average molecular weight is 347 g/mol. The van der Waals surface area contributed by atoms with E-state index in [0.717, 1.165) is 5.69 Å². The Morgan fingerprint density at radius 1 is 1.00 bits per heavy atom. The van der Waals surface area contributed by atoms with Crippen molar-refractivity contribution in [1.29, 1.82) is 0 Å². The number of hydrogen-bond acceptors (Lipinski definition) is 1. The number of thiocarbonyl (C=S) groups is 1. The first-order valence-corrected chi connectivity index (χ1v) is 8.48. The van der Waals surface area contributed by atoms with Gasteiger partial charge in [0.1, 0.15) is 0 Å². The Bertz CT molecular complexity index is 657. The van der Waals surface area contributed by atoms with E-state index >= 15 is 0 Å². The fourth-order valence-corrected chi connectivity index (χ4v) is 2.67. The van der Waals surface area contributed by atoms with Gasteiger partial charge < -0.3 is 10.6 Å². The summed E-state index contributed by atoms with van der Waals surface area (Å²) in [5.74, 6) is 0. The van der Waals surface area contributed by atoms with Gasteiger partial charge in [0.15, 0.2) is 5.11 Å². The topological polar surface area (TPSA) is 24.1 Å². The summed E-state index contributed by atoms with van der Waals surface area (Å²) in [6.45, 7) is 8.75. The van der Waals surface area contributed by atoms with Crippen molar-refractivity contribution < 1.29 is 0 Å². The van der Waals surface area contributed by atoms with Gasteiger partial charge in [0.05, 0.1) is 6.04 Å². The van der Waals surface area contributed by atoms with Crippen LogP contribution in [0.4, 0.5) is 5.69 Å². The van der Waals surface area contributed by atoms with Crippen molar-refractivity contribution in [2.75, 3.05) is 5.32 Å². The van der Waals surface area contributed by atoms with Crippen molar-refractivity contribution in [2.45, 2.75) is 39.2 Å². The molecule has 2 N–H and O–H groups in total. The molecule has 4 heteroatoms. The highest BCUT2D eigenvalue weighted by atomic mass is 35.5. The van der Waals surface area contributed by atoms with Crippen molar-refractivity contribution in [2.24, 2.45) is 0 Å². The van der Waals surface area contributed by atoms with E-state index in [1.165, 1.54) is 11.1 Å². The number of halogens is 1. The normalized spacial score (nSPS) is 12.6. The summed E-state index contributed by atoms with van der Waals surface area (Å²) in [5.41, 5.74) is 3.62. The van der Waals surface area contributed by atoms with Crippen LogP contribution in [0.3, 0.4) is 0 Å². The maximum Gasteiger partial charge on any atom is 0.171 e. The molecule has 0 heterocycles. The monoisotopic (exact) mass is 346 g/mol. The van der Waals surface area contributed by atoms with Gasteiger partial charge in [-0.25, -0.2) is 0 Å². The lowest BCUT2D eigenvalue weighted by Gasteiger charge is -2.21. The highest BCUT2D eigenvalue weighted by Crippen LogP contribution is 2.24. The number of rotatable bonds is 3. The molecule has 0 spiro atoms. The first kappa shape index (κ1) is 17.8. The Kier molecular flexibility index (Phi) is 5.66. The smallest absolute Gasteiger partial charge is 0.171 e. The largest absolute Gasteiger partial charge is 0.356 e. The number of anilines is 1. The minimum absolute atomic E-state index is 0.135. The number of hydrogen-bond donors (Lipinski definition) is 2. The second-order valence-electron chi connectivity index (χ2n) is 6.70. The lowest BCUT2D eigenvalue weighted by molar-refractivity contribution is 0.589. The molecule has 2 aromatic carbocycles. The van der Waals surface area contributed by atoms with E-state index in [4.69, 9.17) is 23.8 Å². The summed E-state index contributed by atoms with van der Waals surface area (Å²) in [7, 11) is 0. The van der Waals surface area contributed by atoms with Gasteiger partial charge >= 0.3 is 0 Å². The molecule has 0 unspecified atom stereocenters. The Morgan fingerprint density at radius 2 is 1.57 bits per heavy atom. The van der Waals surface area contributed by atoms with Crippen LogP contribution in [0, 0.1) is 0 Å². The summed E-state index contributed by atoms with van der Waals surface area (Å²) < 4.78 is 0. The highest BCUT2D eigenvalue weighted by molar-refractivity contribution is 7.80. The minimum Gasteiger partial charge on any atom is -0.356 e. The summed E-state index contributed by atoms with van der Waals surface area (Å²) in [5, 5.41) is 7.78. The van der Waals surface area contributed by atoms with E-state index in [0.29, 0.717) is 10.1 Å². The van der Waals surface area contributed by atoms with Gasteiger partial charge in [-0.2, -0.15) is 0 Å². The summed E-state index contributed by atoms with van der Waals surface area (Å²) in [4.78, 5) is 0. The molecule has 2 nitrogen and oxygen atoms in total. The van der Waals surface area contributed by atoms with E-state index in [9.17, 15) is 0 Å².